The van der Waals surface area contributed by atoms with E-state index in [-0.39, 0.29) is 5.56 Å². The van der Waals surface area contributed by atoms with Crippen LogP contribution in [0, 0.1) is 0 Å². The minimum Gasteiger partial charge on any atom is -0.383 e. The van der Waals surface area contributed by atoms with Crippen LogP contribution in [0.4, 0.5) is 0 Å². The Hall–Kier alpha value is -1.03. The molecule has 2 rings (SSSR count). The second-order valence-electron chi connectivity index (χ2n) is 3.75. The van der Waals surface area contributed by atoms with Crippen molar-refractivity contribution >= 4 is 0 Å². The van der Waals surface area contributed by atoms with Gasteiger partial charge in [-0.2, -0.15) is 5.16 Å². The second kappa shape index (κ2) is 4.00. The number of hydrogen-bond donors (Lipinski definition) is 2. The van der Waals surface area contributed by atoms with Gasteiger partial charge in [-0.15, -0.1) is 0 Å². The van der Waals surface area contributed by atoms with Crippen molar-refractivity contribution in [3.63, 3.8) is 0 Å². The molecule has 0 radical (unpaired) electrons. The van der Waals surface area contributed by atoms with Crippen LogP contribution in [0.5, 0.6) is 0 Å². The lowest BCUT2D eigenvalue weighted by Gasteiger charge is -2.20. The molecule has 0 saturated carbocycles. The summed E-state index contributed by atoms with van der Waals surface area (Å²) in [6.07, 6.45) is 2.88. The fraction of sp³-hybridized carbons (Fsp3) is 0.700. The molecular weight excluding hydrogens is 180 g/mol. The lowest BCUT2D eigenvalue weighted by Crippen LogP contribution is -2.27. The first kappa shape index (κ1) is 9.52. The Morgan fingerprint density at radius 3 is 2.79 bits per heavy atom. The molecular formula is C10H16N2O2. The SMILES string of the molecule is CCc1c(C2CCNCC2)o[nH]c1=O. The molecule has 0 bridgehead atoms. The van der Waals surface area contributed by atoms with Crippen LogP contribution in [0.3, 0.4) is 0 Å². The van der Waals surface area contributed by atoms with E-state index in [1.807, 2.05) is 6.92 Å². The fourth-order valence-corrected chi connectivity index (χ4v) is 2.09. The molecule has 1 fully saturated rings. The van der Waals surface area contributed by atoms with Crippen molar-refractivity contribution < 1.29 is 4.52 Å². The van der Waals surface area contributed by atoms with Crippen molar-refractivity contribution in [2.24, 2.45) is 0 Å². The van der Waals surface area contributed by atoms with Crippen LogP contribution in [0.15, 0.2) is 9.32 Å². The van der Waals surface area contributed by atoms with E-state index < -0.39 is 0 Å². The van der Waals surface area contributed by atoms with Crippen LogP contribution >= 0.6 is 0 Å². The maximum absolute atomic E-state index is 11.3. The van der Waals surface area contributed by atoms with Crippen LogP contribution in [0.1, 0.15) is 37.0 Å². The fourth-order valence-electron chi connectivity index (χ4n) is 2.09. The summed E-state index contributed by atoms with van der Waals surface area (Å²) in [5, 5.41) is 5.73. The standard InChI is InChI=1S/C10H16N2O2/c1-2-8-9(14-12-10(8)13)7-3-5-11-6-4-7/h7,11H,2-6H2,1H3,(H,12,13). The number of rotatable bonds is 2. The molecule has 1 aliphatic heterocycles. The van der Waals surface area contributed by atoms with Crippen molar-refractivity contribution in [1.29, 1.82) is 0 Å². The quantitative estimate of drug-likeness (QED) is 0.741. The molecule has 1 saturated heterocycles. The number of aromatic nitrogens is 1. The third-order valence-electron chi connectivity index (χ3n) is 2.89. The highest BCUT2D eigenvalue weighted by molar-refractivity contribution is 5.18. The maximum Gasteiger partial charge on any atom is 0.283 e. The Labute approximate surface area is 82.7 Å². The monoisotopic (exact) mass is 196 g/mol. The van der Waals surface area contributed by atoms with Gasteiger partial charge in [0.2, 0.25) is 0 Å². The van der Waals surface area contributed by atoms with Crippen molar-refractivity contribution in [1.82, 2.24) is 10.5 Å². The van der Waals surface area contributed by atoms with Crippen molar-refractivity contribution in [3.05, 3.63) is 21.7 Å². The molecule has 0 aliphatic carbocycles. The average molecular weight is 196 g/mol. The maximum atomic E-state index is 11.3. The molecule has 1 aromatic rings. The van der Waals surface area contributed by atoms with Gasteiger partial charge in [-0.05, 0) is 32.4 Å². The third-order valence-corrected chi connectivity index (χ3v) is 2.89. The van der Waals surface area contributed by atoms with E-state index >= 15 is 0 Å². The Morgan fingerprint density at radius 1 is 1.43 bits per heavy atom. The van der Waals surface area contributed by atoms with Gasteiger partial charge < -0.3 is 9.84 Å². The summed E-state index contributed by atoms with van der Waals surface area (Å²) in [5.74, 6) is 1.31. The summed E-state index contributed by atoms with van der Waals surface area (Å²) >= 11 is 0. The van der Waals surface area contributed by atoms with Gasteiger partial charge in [0.05, 0.1) is 5.56 Å². The summed E-state index contributed by atoms with van der Waals surface area (Å²) < 4.78 is 5.26. The molecule has 0 atom stereocenters. The molecule has 2 N–H and O–H groups in total. The van der Waals surface area contributed by atoms with Gasteiger partial charge in [-0.25, -0.2) is 0 Å². The van der Waals surface area contributed by atoms with Crippen LogP contribution < -0.4 is 10.9 Å². The zero-order valence-electron chi connectivity index (χ0n) is 8.43. The molecule has 4 nitrogen and oxygen atoms in total. The molecule has 78 valence electrons. The Kier molecular flexibility index (Phi) is 2.72. The summed E-state index contributed by atoms with van der Waals surface area (Å²) in [6, 6.07) is 0. The summed E-state index contributed by atoms with van der Waals surface area (Å²) in [6.45, 7) is 4.02. The topological polar surface area (TPSA) is 58.0 Å². The number of nitrogens with one attached hydrogen (secondary N) is 2. The minimum atomic E-state index is -0.0546. The largest absolute Gasteiger partial charge is 0.383 e. The Bertz CT molecular complexity index is 347. The molecule has 2 heterocycles. The van der Waals surface area contributed by atoms with E-state index in [9.17, 15) is 4.79 Å². The predicted octanol–water partition coefficient (Wildman–Crippen LogP) is 0.997. The number of H-pyrrole nitrogens is 1. The van der Waals surface area contributed by atoms with E-state index in [0.717, 1.165) is 43.7 Å². The van der Waals surface area contributed by atoms with Crippen molar-refractivity contribution in [3.8, 4) is 0 Å². The molecule has 0 amide bonds. The Morgan fingerprint density at radius 2 is 2.14 bits per heavy atom. The lowest BCUT2D eigenvalue weighted by molar-refractivity contribution is 0.323. The zero-order chi connectivity index (χ0) is 9.97. The Balaban J connectivity index is 2.25. The minimum absolute atomic E-state index is 0.0546. The van der Waals surface area contributed by atoms with Crippen molar-refractivity contribution in [2.75, 3.05) is 13.1 Å². The van der Waals surface area contributed by atoms with Gasteiger partial charge in [0.15, 0.2) is 0 Å². The van der Waals surface area contributed by atoms with E-state index in [1.165, 1.54) is 0 Å². The van der Waals surface area contributed by atoms with Gasteiger partial charge in [-0.3, -0.25) is 4.79 Å². The molecule has 0 unspecified atom stereocenters. The highest BCUT2D eigenvalue weighted by Gasteiger charge is 2.22. The van der Waals surface area contributed by atoms with E-state index in [4.69, 9.17) is 4.52 Å². The first-order chi connectivity index (χ1) is 6.83. The highest BCUT2D eigenvalue weighted by Crippen LogP contribution is 2.26. The second-order valence-corrected chi connectivity index (χ2v) is 3.75. The van der Waals surface area contributed by atoms with E-state index in [1.54, 1.807) is 0 Å². The van der Waals surface area contributed by atoms with Crippen LogP contribution in [-0.2, 0) is 6.42 Å². The molecule has 1 aromatic heterocycles. The van der Waals surface area contributed by atoms with Gasteiger partial charge in [0, 0.05) is 5.92 Å². The van der Waals surface area contributed by atoms with Gasteiger partial charge in [-0.1, -0.05) is 6.92 Å². The van der Waals surface area contributed by atoms with Crippen molar-refractivity contribution in [2.45, 2.75) is 32.1 Å². The van der Waals surface area contributed by atoms with Gasteiger partial charge in [0.1, 0.15) is 5.76 Å². The first-order valence-electron chi connectivity index (χ1n) is 5.24. The molecule has 0 spiro atoms. The van der Waals surface area contributed by atoms with Crippen LogP contribution in [0.25, 0.3) is 0 Å². The normalized spacial score (nSPS) is 18.6. The van der Waals surface area contributed by atoms with Gasteiger partial charge in [0.25, 0.3) is 5.56 Å². The van der Waals surface area contributed by atoms with Crippen LogP contribution in [-0.4, -0.2) is 18.2 Å². The predicted molar refractivity (Wildman–Crippen MR) is 53.6 cm³/mol. The summed E-state index contributed by atoms with van der Waals surface area (Å²) in [4.78, 5) is 11.3. The number of aromatic amines is 1. The first-order valence-corrected chi connectivity index (χ1v) is 5.24. The smallest absolute Gasteiger partial charge is 0.283 e. The van der Waals surface area contributed by atoms with E-state index in [2.05, 4.69) is 10.5 Å². The molecule has 0 aromatic carbocycles. The third kappa shape index (κ3) is 1.62. The lowest BCUT2D eigenvalue weighted by atomic mass is 9.92. The van der Waals surface area contributed by atoms with Crippen LogP contribution in [0.2, 0.25) is 0 Å². The summed E-state index contributed by atoms with van der Waals surface area (Å²) in [5.41, 5.74) is 0.776. The van der Waals surface area contributed by atoms with Gasteiger partial charge >= 0.3 is 0 Å². The van der Waals surface area contributed by atoms with E-state index in [0.29, 0.717) is 5.92 Å². The number of hydrogen-bond acceptors (Lipinski definition) is 3. The zero-order valence-corrected chi connectivity index (χ0v) is 8.43. The highest BCUT2D eigenvalue weighted by atomic mass is 16.5. The molecule has 14 heavy (non-hydrogen) atoms. The summed E-state index contributed by atoms with van der Waals surface area (Å²) in [7, 11) is 0. The average Bonchev–Trinajstić information content (AvgIpc) is 2.61. The molecule has 1 aliphatic rings. The molecule has 4 heteroatoms. The number of piperidine rings is 1.